The van der Waals surface area contributed by atoms with E-state index in [9.17, 15) is 9.59 Å². The Morgan fingerprint density at radius 2 is 1.52 bits per heavy atom. The van der Waals surface area contributed by atoms with E-state index < -0.39 is 18.5 Å². The van der Waals surface area contributed by atoms with Gasteiger partial charge >= 0.3 is 5.97 Å². The van der Waals surface area contributed by atoms with Gasteiger partial charge in [-0.2, -0.15) is 0 Å². The van der Waals surface area contributed by atoms with Gasteiger partial charge in [-0.1, -0.05) is 25.1 Å². The van der Waals surface area contributed by atoms with E-state index in [1.54, 1.807) is 0 Å². The molecule has 1 amide bonds. The zero-order valence-corrected chi connectivity index (χ0v) is 18.9. The first-order valence-corrected chi connectivity index (χ1v) is 10.6. The van der Waals surface area contributed by atoms with E-state index in [-0.39, 0.29) is 5.56 Å². The highest BCUT2D eigenvalue weighted by atomic mass is 16.5. The molecule has 0 fully saturated rings. The molecule has 0 saturated carbocycles. The van der Waals surface area contributed by atoms with Crippen molar-refractivity contribution in [2.24, 2.45) is 0 Å². The summed E-state index contributed by atoms with van der Waals surface area (Å²) >= 11 is 0. The lowest BCUT2D eigenvalue weighted by molar-refractivity contribution is -0.119. The quantitative estimate of drug-likeness (QED) is 0.528. The number of aryl methyl sites for hydroxylation is 2. The maximum atomic E-state index is 12.6. The molecule has 7 nitrogen and oxygen atoms in total. The van der Waals surface area contributed by atoms with E-state index in [4.69, 9.17) is 18.9 Å². The van der Waals surface area contributed by atoms with E-state index in [0.717, 1.165) is 23.2 Å². The molecular formula is C24H31NO6. The van der Waals surface area contributed by atoms with Crippen LogP contribution < -0.4 is 19.5 Å². The summed E-state index contributed by atoms with van der Waals surface area (Å²) in [5.41, 5.74) is 2.94. The Balaban J connectivity index is 2.15. The molecule has 0 heterocycles. The van der Waals surface area contributed by atoms with Crippen molar-refractivity contribution in [2.45, 2.75) is 41.0 Å². The summed E-state index contributed by atoms with van der Waals surface area (Å²) < 4.78 is 22.1. The number of anilines is 1. The van der Waals surface area contributed by atoms with E-state index in [1.807, 2.05) is 52.8 Å². The lowest BCUT2D eigenvalue weighted by Crippen LogP contribution is -2.22. The highest BCUT2D eigenvalue weighted by molar-refractivity contribution is 5.97. The summed E-state index contributed by atoms with van der Waals surface area (Å²) in [7, 11) is 0. The first-order valence-electron chi connectivity index (χ1n) is 10.6. The van der Waals surface area contributed by atoms with Gasteiger partial charge in [0.15, 0.2) is 18.1 Å². The molecule has 7 heteroatoms. The molecule has 0 saturated heterocycles. The number of hydrogen-bond donors (Lipinski definition) is 1. The van der Waals surface area contributed by atoms with Crippen molar-refractivity contribution in [2.75, 3.05) is 31.7 Å². The number of ether oxygens (including phenoxy) is 4. The average molecular weight is 430 g/mol. The predicted octanol–water partition coefficient (Wildman–Crippen LogP) is 4.55. The van der Waals surface area contributed by atoms with Crippen LogP contribution in [-0.2, 0) is 16.0 Å². The Kier molecular flexibility index (Phi) is 9.18. The number of rotatable bonds is 11. The number of esters is 1. The topological polar surface area (TPSA) is 83.1 Å². The summed E-state index contributed by atoms with van der Waals surface area (Å²) in [6.45, 7) is 10.3. The molecule has 0 aliphatic carbocycles. The van der Waals surface area contributed by atoms with Gasteiger partial charge in [0.25, 0.3) is 5.91 Å². The number of benzene rings is 2. The van der Waals surface area contributed by atoms with Crippen molar-refractivity contribution < 1.29 is 28.5 Å². The summed E-state index contributed by atoms with van der Waals surface area (Å²) in [4.78, 5) is 25.0. The summed E-state index contributed by atoms with van der Waals surface area (Å²) in [6, 6.07) is 8.90. The third-order valence-electron chi connectivity index (χ3n) is 4.48. The van der Waals surface area contributed by atoms with Gasteiger partial charge in [0, 0.05) is 5.69 Å². The van der Waals surface area contributed by atoms with E-state index in [1.165, 1.54) is 12.1 Å². The number of carbonyl (C=O) groups excluding carboxylic acids is 2. The Bertz CT molecular complexity index is 882. The molecule has 2 rings (SSSR count). The van der Waals surface area contributed by atoms with Crippen molar-refractivity contribution in [3.05, 3.63) is 47.0 Å². The van der Waals surface area contributed by atoms with Crippen LogP contribution in [0, 0.1) is 6.92 Å². The summed E-state index contributed by atoms with van der Waals surface area (Å²) in [5, 5.41) is 2.84. The fraction of sp³-hybridized carbons (Fsp3) is 0.417. The minimum absolute atomic E-state index is 0.216. The Morgan fingerprint density at radius 3 is 2.06 bits per heavy atom. The van der Waals surface area contributed by atoms with Crippen LogP contribution in [0.25, 0.3) is 0 Å². The molecule has 0 atom stereocenters. The first kappa shape index (κ1) is 24.1. The maximum absolute atomic E-state index is 12.6. The van der Waals surface area contributed by atoms with E-state index >= 15 is 0 Å². The summed E-state index contributed by atoms with van der Waals surface area (Å²) in [6.07, 6.45) is 0.781. The summed E-state index contributed by atoms with van der Waals surface area (Å²) in [5.74, 6) is 0.157. The fourth-order valence-electron chi connectivity index (χ4n) is 3.10. The molecule has 0 unspecified atom stereocenters. The normalized spacial score (nSPS) is 10.4. The van der Waals surface area contributed by atoms with Crippen LogP contribution in [0.2, 0.25) is 0 Å². The van der Waals surface area contributed by atoms with Gasteiger partial charge in [-0.25, -0.2) is 4.79 Å². The second-order valence-corrected chi connectivity index (χ2v) is 6.69. The molecule has 168 valence electrons. The Labute approximate surface area is 183 Å². The SMILES string of the molecule is CCOc1cc(C(=O)OCC(=O)Nc2c(C)cccc2CC)cc(OCC)c1OCC. The molecule has 0 radical (unpaired) electrons. The average Bonchev–Trinajstić information content (AvgIpc) is 2.75. The first-order chi connectivity index (χ1) is 14.9. The van der Waals surface area contributed by atoms with Gasteiger partial charge < -0.3 is 24.3 Å². The molecule has 0 aromatic heterocycles. The number of carbonyl (C=O) groups is 2. The second-order valence-electron chi connectivity index (χ2n) is 6.69. The smallest absolute Gasteiger partial charge is 0.338 e. The molecule has 2 aromatic carbocycles. The van der Waals surface area contributed by atoms with Crippen LogP contribution in [0.4, 0.5) is 5.69 Å². The third kappa shape index (κ3) is 6.38. The molecule has 31 heavy (non-hydrogen) atoms. The zero-order valence-electron chi connectivity index (χ0n) is 18.9. The van der Waals surface area contributed by atoms with E-state index in [0.29, 0.717) is 37.1 Å². The van der Waals surface area contributed by atoms with Crippen molar-refractivity contribution in [3.8, 4) is 17.2 Å². The maximum Gasteiger partial charge on any atom is 0.338 e. The lowest BCUT2D eigenvalue weighted by Gasteiger charge is -2.17. The monoisotopic (exact) mass is 429 g/mol. The minimum atomic E-state index is -0.652. The molecule has 0 aliphatic rings. The van der Waals surface area contributed by atoms with Crippen molar-refractivity contribution in [1.82, 2.24) is 0 Å². The van der Waals surface area contributed by atoms with Gasteiger partial charge in [0.1, 0.15) is 0 Å². The van der Waals surface area contributed by atoms with Gasteiger partial charge in [0.2, 0.25) is 5.75 Å². The van der Waals surface area contributed by atoms with Crippen LogP contribution in [0.15, 0.2) is 30.3 Å². The predicted molar refractivity (Wildman–Crippen MR) is 119 cm³/mol. The molecule has 0 aliphatic heterocycles. The van der Waals surface area contributed by atoms with Crippen LogP contribution in [0.3, 0.4) is 0 Å². The van der Waals surface area contributed by atoms with Gasteiger partial charge in [0.05, 0.1) is 25.4 Å². The second kappa shape index (κ2) is 11.8. The molecule has 2 aromatic rings. The van der Waals surface area contributed by atoms with Crippen LogP contribution in [-0.4, -0.2) is 38.3 Å². The van der Waals surface area contributed by atoms with Crippen molar-refractivity contribution in [1.29, 1.82) is 0 Å². The van der Waals surface area contributed by atoms with Crippen LogP contribution in [0.1, 0.15) is 49.2 Å². The van der Waals surface area contributed by atoms with Crippen LogP contribution in [0.5, 0.6) is 17.2 Å². The molecule has 1 N–H and O–H groups in total. The van der Waals surface area contributed by atoms with Gasteiger partial charge in [-0.05, 0) is 57.4 Å². The number of nitrogens with one attached hydrogen (secondary N) is 1. The van der Waals surface area contributed by atoms with Crippen LogP contribution >= 0.6 is 0 Å². The highest BCUT2D eigenvalue weighted by Crippen LogP contribution is 2.39. The molecule has 0 bridgehead atoms. The number of amides is 1. The third-order valence-corrected chi connectivity index (χ3v) is 4.48. The Hall–Kier alpha value is -3.22. The zero-order chi connectivity index (χ0) is 22.8. The van der Waals surface area contributed by atoms with E-state index in [2.05, 4.69) is 5.32 Å². The Morgan fingerprint density at radius 1 is 0.903 bits per heavy atom. The molecular weight excluding hydrogens is 398 g/mol. The highest BCUT2D eigenvalue weighted by Gasteiger charge is 2.20. The molecule has 0 spiro atoms. The van der Waals surface area contributed by atoms with Gasteiger partial charge in [-0.15, -0.1) is 0 Å². The van der Waals surface area contributed by atoms with Crippen molar-refractivity contribution in [3.63, 3.8) is 0 Å². The number of para-hydroxylation sites is 1. The largest absolute Gasteiger partial charge is 0.490 e. The lowest BCUT2D eigenvalue weighted by atomic mass is 10.1. The number of hydrogen-bond acceptors (Lipinski definition) is 6. The van der Waals surface area contributed by atoms with Crippen molar-refractivity contribution >= 4 is 17.6 Å². The fourth-order valence-corrected chi connectivity index (χ4v) is 3.10. The van der Waals surface area contributed by atoms with Gasteiger partial charge in [-0.3, -0.25) is 4.79 Å². The standard InChI is InChI=1S/C24H31NO6/c1-6-17-12-10-11-16(5)22(17)25-21(26)15-31-24(27)18-13-19(28-7-2)23(30-9-4)20(14-18)29-8-3/h10-14H,6-9,15H2,1-5H3,(H,25,26). The minimum Gasteiger partial charge on any atom is -0.490 e.